The number of allylic oxidation sites excluding steroid dienone is 3. The highest BCUT2D eigenvalue weighted by Gasteiger charge is 2.25. The van der Waals surface area contributed by atoms with Gasteiger partial charge in [-0.15, -0.1) is 0 Å². The Balaban J connectivity index is 1.61. The maximum atomic E-state index is 11.9. The van der Waals surface area contributed by atoms with E-state index in [9.17, 15) is 9.59 Å². The van der Waals surface area contributed by atoms with E-state index in [0.29, 0.717) is 19.4 Å². The SMILES string of the molecule is C/C(=C\C(=C/CN1CCC1=O)c1ccc(-c2cccc(C(C)(C)C)c2)cc1)N1CCC1=O. The van der Waals surface area contributed by atoms with Crippen LogP contribution in [0.2, 0.25) is 0 Å². The molecule has 0 saturated carbocycles. The second kappa shape index (κ2) is 8.78. The van der Waals surface area contributed by atoms with Gasteiger partial charge in [-0.25, -0.2) is 0 Å². The van der Waals surface area contributed by atoms with Gasteiger partial charge in [0, 0.05) is 38.2 Å². The first kappa shape index (κ1) is 22.1. The molecule has 4 heteroatoms. The van der Waals surface area contributed by atoms with Crippen molar-refractivity contribution in [2.75, 3.05) is 19.6 Å². The number of carbonyl (C=O) groups excluding carboxylic acids is 2. The summed E-state index contributed by atoms with van der Waals surface area (Å²) in [6.45, 7) is 10.9. The average molecular weight is 429 g/mol. The summed E-state index contributed by atoms with van der Waals surface area (Å²) in [4.78, 5) is 27.3. The molecule has 0 radical (unpaired) electrons. The molecule has 4 nitrogen and oxygen atoms in total. The van der Waals surface area contributed by atoms with E-state index in [1.807, 2.05) is 16.7 Å². The molecule has 2 amide bonds. The van der Waals surface area contributed by atoms with Crippen molar-refractivity contribution in [1.82, 2.24) is 9.80 Å². The van der Waals surface area contributed by atoms with Gasteiger partial charge < -0.3 is 9.80 Å². The quantitative estimate of drug-likeness (QED) is 0.456. The molecular weight excluding hydrogens is 396 g/mol. The van der Waals surface area contributed by atoms with Crippen molar-refractivity contribution in [2.45, 2.75) is 46.0 Å². The third-order valence-corrected chi connectivity index (χ3v) is 6.40. The average Bonchev–Trinajstić information content (AvgIpc) is 2.76. The number of carbonyl (C=O) groups is 2. The van der Waals surface area contributed by atoms with E-state index >= 15 is 0 Å². The van der Waals surface area contributed by atoms with E-state index in [4.69, 9.17) is 0 Å². The minimum Gasteiger partial charge on any atom is -0.338 e. The van der Waals surface area contributed by atoms with Crippen molar-refractivity contribution in [3.8, 4) is 11.1 Å². The fourth-order valence-corrected chi connectivity index (χ4v) is 4.03. The maximum absolute atomic E-state index is 11.9. The van der Waals surface area contributed by atoms with Crippen molar-refractivity contribution in [2.24, 2.45) is 0 Å². The first-order valence-electron chi connectivity index (χ1n) is 11.4. The molecular formula is C28H32N2O2. The normalized spacial score (nSPS) is 17.4. The van der Waals surface area contributed by atoms with Crippen LogP contribution in [0.15, 0.2) is 66.4 Å². The highest BCUT2D eigenvalue weighted by molar-refractivity contribution is 5.85. The lowest BCUT2D eigenvalue weighted by molar-refractivity contribution is -0.139. The van der Waals surface area contributed by atoms with Gasteiger partial charge in [0.2, 0.25) is 11.8 Å². The van der Waals surface area contributed by atoms with Crippen molar-refractivity contribution in [3.05, 3.63) is 77.5 Å². The van der Waals surface area contributed by atoms with E-state index in [1.165, 1.54) is 16.7 Å². The van der Waals surface area contributed by atoms with Crippen molar-refractivity contribution in [1.29, 1.82) is 0 Å². The van der Waals surface area contributed by atoms with Gasteiger partial charge >= 0.3 is 0 Å². The van der Waals surface area contributed by atoms with Crippen molar-refractivity contribution >= 4 is 17.4 Å². The standard InChI is InChI=1S/C28H32N2O2/c1-20(30-17-14-27(30)32)18-24(12-15-29-16-13-26(29)31)22-10-8-21(9-11-22)23-6-5-7-25(19-23)28(2,3)4/h5-12,18-19H,13-17H2,1-4H3/b20-18+,24-12+. The van der Waals surface area contributed by atoms with E-state index < -0.39 is 0 Å². The summed E-state index contributed by atoms with van der Waals surface area (Å²) in [7, 11) is 0. The Morgan fingerprint density at radius 3 is 2.19 bits per heavy atom. The summed E-state index contributed by atoms with van der Waals surface area (Å²) in [5.74, 6) is 0.374. The molecule has 2 aromatic carbocycles. The van der Waals surface area contributed by atoms with Crippen LogP contribution in [-0.2, 0) is 15.0 Å². The van der Waals surface area contributed by atoms with E-state index in [1.54, 1.807) is 0 Å². The van der Waals surface area contributed by atoms with E-state index in [-0.39, 0.29) is 17.2 Å². The third-order valence-electron chi connectivity index (χ3n) is 6.40. The Labute approximate surface area is 191 Å². The topological polar surface area (TPSA) is 40.6 Å². The van der Waals surface area contributed by atoms with Crippen LogP contribution in [0.5, 0.6) is 0 Å². The minimum absolute atomic E-state index is 0.108. The van der Waals surface area contributed by atoms with Gasteiger partial charge in [-0.05, 0) is 46.2 Å². The Morgan fingerprint density at radius 1 is 0.938 bits per heavy atom. The lowest BCUT2D eigenvalue weighted by atomic mass is 9.85. The predicted molar refractivity (Wildman–Crippen MR) is 130 cm³/mol. The van der Waals surface area contributed by atoms with Crippen LogP contribution in [0.1, 0.15) is 51.7 Å². The molecule has 0 bridgehead atoms. The van der Waals surface area contributed by atoms with Crippen LogP contribution >= 0.6 is 0 Å². The van der Waals surface area contributed by atoms with Crippen LogP contribution in [0.3, 0.4) is 0 Å². The van der Waals surface area contributed by atoms with Crippen LogP contribution in [0.4, 0.5) is 0 Å². The van der Waals surface area contributed by atoms with Gasteiger partial charge in [0.1, 0.15) is 0 Å². The number of rotatable bonds is 6. The smallest absolute Gasteiger partial charge is 0.228 e. The Hall–Kier alpha value is -3.14. The Kier molecular flexibility index (Phi) is 6.05. The summed E-state index contributed by atoms with van der Waals surface area (Å²) in [6.07, 6.45) is 5.42. The largest absolute Gasteiger partial charge is 0.338 e. The monoisotopic (exact) mass is 428 g/mol. The van der Waals surface area contributed by atoms with Gasteiger partial charge in [0.15, 0.2) is 0 Å². The van der Waals surface area contributed by atoms with Crippen molar-refractivity contribution < 1.29 is 9.59 Å². The lowest BCUT2D eigenvalue weighted by Gasteiger charge is -2.32. The zero-order chi connectivity index (χ0) is 22.9. The Bertz CT molecular complexity index is 1090. The third kappa shape index (κ3) is 4.69. The van der Waals surface area contributed by atoms with Gasteiger partial charge in [-0.3, -0.25) is 9.59 Å². The fourth-order valence-electron chi connectivity index (χ4n) is 4.03. The maximum Gasteiger partial charge on any atom is 0.228 e. The predicted octanol–water partition coefficient (Wildman–Crippen LogP) is 5.40. The zero-order valence-corrected chi connectivity index (χ0v) is 19.5. The van der Waals surface area contributed by atoms with Gasteiger partial charge in [-0.2, -0.15) is 0 Å². The summed E-state index contributed by atoms with van der Waals surface area (Å²) in [5.41, 5.74) is 6.88. The molecule has 2 aliphatic heterocycles. The molecule has 2 aromatic rings. The highest BCUT2D eigenvalue weighted by Crippen LogP contribution is 2.29. The molecule has 0 aliphatic carbocycles. The second-order valence-electron chi connectivity index (χ2n) is 9.74. The molecule has 0 unspecified atom stereocenters. The number of nitrogens with zero attached hydrogens (tertiary/aromatic N) is 2. The summed E-state index contributed by atoms with van der Waals surface area (Å²) >= 11 is 0. The lowest BCUT2D eigenvalue weighted by Crippen LogP contribution is -2.43. The number of hydrogen-bond donors (Lipinski definition) is 0. The van der Waals surface area contributed by atoms with Gasteiger partial charge in [-0.1, -0.05) is 75.4 Å². The van der Waals surface area contributed by atoms with Crippen LogP contribution in [-0.4, -0.2) is 41.2 Å². The van der Waals surface area contributed by atoms with Gasteiger partial charge in [0.25, 0.3) is 0 Å². The van der Waals surface area contributed by atoms with E-state index in [0.717, 1.165) is 29.9 Å². The molecule has 0 N–H and O–H groups in total. The fraction of sp³-hybridized carbons (Fsp3) is 0.357. The number of amides is 2. The molecule has 0 atom stereocenters. The molecule has 32 heavy (non-hydrogen) atoms. The molecule has 0 spiro atoms. The summed E-state index contributed by atoms with van der Waals surface area (Å²) in [5, 5.41) is 0. The molecule has 0 aromatic heterocycles. The molecule has 4 rings (SSSR count). The first-order valence-corrected chi connectivity index (χ1v) is 11.4. The zero-order valence-electron chi connectivity index (χ0n) is 19.5. The molecule has 2 aliphatic rings. The molecule has 166 valence electrons. The van der Waals surface area contributed by atoms with Gasteiger partial charge in [0.05, 0.1) is 0 Å². The van der Waals surface area contributed by atoms with Crippen LogP contribution < -0.4 is 0 Å². The van der Waals surface area contributed by atoms with Crippen LogP contribution in [0, 0.1) is 0 Å². The molecule has 2 heterocycles. The summed E-state index contributed by atoms with van der Waals surface area (Å²) < 4.78 is 0. The first-order chi connectivity index (χ1) is 15.2. The second-order valence-corrected chi connectivity index (χ2v) is 9.74. The van der Waals surface area contributed by atoms with Crippen molar-refractivity contribution in [3.63, 3.8) is 0 Å². The van der Waals surface area contributed by atoms with E-state index in [2.05, 4.69) is 81.5 Å². The summed E-state index contributed by atoms with van der Waals surface area (Å²) in [6, 6.07) is 17.3. The number of benzene rings is 2. The Morgan fingerprint density at radius 2 is 1.66 bits per heavy atom. The number of hydrogen-bond acceptors (Lipinski definition) is 2. The molecule has 2 fully saturated rings. The van der Waals surface area contributed by atoms with Crippen LogP contribution in [0.25, 0.3) is 16.7 Å². The highest BCUT2D eigenvalue weighted by atomic mass is 16.2. The minimum atomic E-state index is 0.108. The number of likely N-dealkylation sites (tertiary alicyclic amines) is 2. The number of β-lactam (4-membered cyclic amide) rings is 2. The molecule has 2 saturated heterocycles.